The molecule has 1 aliphatic rings. The molecular formula is C25H22N2O2. The monoisotopic (exact) mass is 382 g/mol. The maximum Gasteiger partial charge on any atom is 0.271 e. The predicted octanol–water partition coefficient (Wildman–Crippen LogP) is 4.63. The maximum atomic E-state index is 13.7. The smallest absolute Gasteiger partial charge is 0.271 e. The first-order valence-electron chi connectivity index (χ1n) is 9.81. The number of β-amino-alcohol motifs (C(OH)–C–C–N with tert-alkyl or cyclic N) is 1. The van der Waals surface area contributed by atoms with Gasteiger partial charge in [-0.1, -0.05) is 78.9 Å². The van der Waals surface area contributed by atoms with E-state index in [2.05, 4.69) is 0 Å². The van der Waals surface area contributed by atoms with E-state index in [9.17, 15) is 9.90 Å². The van der Waals surface area contributed by atoms with Crippen molar-refractivity contribution in [2.75, 3.05) is 6.54 Å². The number of amides is 1. The summed E-state index contributed by atoms with van der Waals surface area (Å²) in [6, 6.07) is 27.8. The van der Waals surface area contributed by atoms with Crippen molar-refractivity contribution in [1.82, 2.24) is 9.47 Å². The fraction of sp³-hybridized carbons (Fsp3) is 0.160. The summed E-state index contributed by atoms with van der Waals surface area (Å²) in [5.41, 5.74) is 3.11. The van der Waals surface area contributed by atoms with Gasteiger partial charge in [0.15, 0.2) is 5.72 Å². The molecule has 0 spiro atoms. The van der Waals surface area contributed by atoms with Crippen molar-refractivity contribution in [2.24, 2.45) is 0 Å². The average molecular weight is 382 g/mol. The molecule has 1 unspecified atom stereocenters. The Balaban J connectivity index is 1.74. The van der Waals surface area contributed by atoms with Gasteiger partial charge in [-0.2, -0.15) is 0 Å². The lowest BCUT2D eigenvalue weighted by Crippen LogP contribution is -2.51. The molecule has 1 aliphatic heterocycles. The molecule has 4 heteroatoms. The number of fused-ring (bicyclic) bond motifs is 3. The van der Waals surface area contributed by atoms with Gasteiger partial charge < -0.3 is 14.6 Å². The Hall–Kier alpha value is -3.37. The third-order valence-electron chi connectivity index (χ3n) is 5.62. The van der Waals surface area contributed by atoms with Crippen LogP contribution in [0, 0.1) is 0 Å². The van der Waals surface area contributed by atoms with E-state index in [1.165, 1.54) is 0 Å². The Bertz CT molecular complexity index is 1190. The van der Waals surface area contributed by atoms with Gasteiger partial charge in [0.25, 0.3) is 5.91 Å². The molecule has 29 heavy (non-hydrogen) atoms. The van der Waals surface area contributed by atoms with Crippen LogP contribution in [0.3, 0.4) is 0 Å². The highest BCUT2D eigenvalue weighted by Crippen LogP contribution is 2.41. The van der Waals surface area contributed by atoms with Gasteiger partial charge in [0.05, 0.1) is 12.1 Å². The quantitative estimate of drug-likeness (QED) is 0.562. The zero-order valence-electron chi connectivity index (χ0n) is 16.2. The molecule has 0 bridgehead atoms. The number of carbonyl (C=O) groups excluding carboxylic acids is 1. The molecule has 0 fully saturated rings. The molecule has 5 rings (SSSR count). The van der Waals surface area contributed by atoms with Crippen LogP contribution in [0.5, 0.6) is 0 Å². The molecule has 4 nitrogen and oxygen atoms in total. The topological polar surface area (TPSA) is 45.5 Å². The minimum atomic E-state index is -1.20. The summed E-state index contributed by atoms with van der Waals surface area (Å²) in [7, 11) is 0. The van der Waals surface area contributed by atoms with Crippen molar-refractivity contribution < 1.29 is 9.90 Å². The number of aromatic nitrogens is 1. The third kappa shape index (κ3) is 2.84. The van der Waals surface area contributed by atoms with E-state index in [1.54, 1.807) is 11.8 Å². The van der Waals surface area contributed by atoms with Gasteiger partial charge in [-0.25, -0.2) is 0 Å². The predicted molar refractivity (Wildman–Crippen MR) is 114 cm³/mol. The molecule has 0 saturated carbocycles. The molecule has 0 saturated heterocycles. The van der Waals surface area contributed by atoms with Crippen LogP contribution in [-0.4, -0.2) is 27.0 Å². The summed E-state index contributed by atoms with van der Waals surface area (Å²) < 4.78 is 1.81. The molecule has 0 aliphatic carbocycles. The highest BCUT2D eigenvalue weighted by atomic mass is 16.3. The molecule has 1 N–H and O–H groups in total. The average Bonchev–Trinajstić information content (AvgIpc) is 3.10. The van der Waals surface area contributed by atoms with E-state index in [0.29, 0.717) is 12.2 Å². The lowest BCUT2D eigenvalue weighted by molar-refractivity contribution is -0.0540. The van der Waals surface area contributed by atoms with Gasteiger partial charge in [0.1, 0.15) is 5.69 Å². The molecule has 4 aromatic rings. The van der Waals surface area contributed by atoms with E-state index >= 15 is 0 Å². The Labute approximate surface area is 169 Å². The van der Waals surface area contributed by atoms with E-state index in [4.69, 9.17) is 0 Å². The van der Waals surface area contributed by atoms with Gasteiger partial charge in [0.2, 0.25) is 0 Å². The zero-order valence-corrected chi connectivity index (χ0v) is 16.2. The largest absolute Gasteiger partial charge is 0.369 e. The van der Waals surface area contributed by atoms with Crippen molar-refractivity contribution in [3.05, 3.63) is 96.2 Å². The van der Waals surface area contributed by atoms with E-state index in [0.717, 1.165) is 27.6 Å². The van der Waals surface area contributed by atoms with E-state index < -0.39 is 5.72 Å². The Morgan fingerprint density at radius 1 is 0.897 bits per heavy atom. The van der Waals surface area contributed by atoms with Crippen molar-refractivity contribution in [1.29, 1.82) is 0 Å². The van der Waals surface area contributed by atoms with Crippen LogP contribution in [0.4, 0.5) is 0 Å². The SMILES string of the molecule is CC1(O)CN(Cc2ccccc2)C(=O)c2c(-c3ccccc3)c3ccccc3n21. The van der Waals surface area contributed by atoms with Gasteiger partial charge in [0, 0.05) is 17.5 Å². The zero-order chi connectivity index (χ0) is 20.0. The number of carbonyl (C=O) groups is 1. The van der Waals surface area contributed by atoms with Crippen LogP contribution in [-0.2, 0) is 12.3 Å². The van der Waals surface area contributed by atoms with Gasteiger partial charge >= 0.3 is 0 Å². The number of para-hydroxylation sites is 1. The van der Waals surface area contributed by atoms with Crippen LogP contribution in [0.2, 0.25) is 0 Å². The number of benzene rings is 3. The lowest BCUT2D eigenvalue weighted by Gasteiger charge is -2.39. The minimum absolute atomic E-state index is 0.0598. The number of rotatable bonds is 3. The summed E-state index contributed by atoms with van der Waals surface area (Å²) in [4.78, 5) is 15.4. The molecule has 1 aromatic heterocycles. The number of hydrogen-bond acceptors (Lipinski definition) is 2. The summed E-state index contributed by atoms with van der Waals surface area (Å²) >= 11 is 0. The van der Waals surface area contributed by atoms with Gasteiger partial charge in [-0.05, 0) is 24.1 Å². The number of aliphatic hydroxyl groups is 1. The maximum absolute atomic E-state index is 13.7. The molecule has 144 valence electrons. The normalized spacial score (nSPS) is 18.8. The van der Waals surface area contributed by atoms with Crippen molar-refractivity contribution in [2.45, 2.75) is 19.2 Å². The second-order valence-corrected chi connectivity index (χ2v) is 7.81. The molecule has 1 atom stereocenters. The minimum Gasteiger partial charge on any atom is -0.369 e. The first-order chi connectivity index (χ1) is 14.1. The molecule has 0 radical (unpaired) electrons. The van der Waals surface area contributed by atoms with Crippen LogP contribution in [0.15, 0.2) is 84.9 Å². The van der Waals surface area contributed by atoms with E-state index in [1.807, 2.05) is 89.5 Å². The molecule has 3 aromatic carbocycles. The summed E-state index contributed by atoms with van der Waals surface area (Å²) in [5.74, 6) is -0.0598. The van der Waals surface area contributed by atoms with Crippen molar-refractivity contribution in [3.63, 3.8) is 0 Å². The standard InChI is InChI=1S/C25H22N2O2/c1-25(29)17-26(16-18-10-4-2-5-11-18)24(28)23-22(19-12-6-3-7-13-19)20-14-8-9-15-21(20)27(23)25/h2-15,29H,16-17H2,1H3. The number of hydrogen-bond donors (Lipinski definition) is 1. The highest BCUT2D eigenvalue weighted by molar-refractivity contribution is 6.11. The highest BCUT2D eigenvalue weighted by Gasteiger charge is 2.41. The fourth-order valence-electron chi connectivity index (χ4n) is 4.43. The Morgan fingerprint density at radius 3 is 2.24 bits per heavy atom. The third-order valence-corrected chi connectivity index (χ3v) is 5.62. The summed E-state index contributed by atoms with van der Waals surface area (Å²) in [6.07, 6.45) is 0. The molecule has 2 heterocycles. The molecule has 1 amide bonds. The van der Waals surface area contributed by atoms with Crippen molar-refractivity contribution >= 4 is 16.8 Å². The Kier molecular flexibility index (Phi) is 4.03. The number of nitrogens with zero attached hydrogens (tertiary/aromatic N) is 2. The van der Waals surface area contributed by atoms with Crippen LogP contribution >= 0.6 is 0 Å². The van der Waals surface area contributed by atoms with Gasteiger partial charge in [-0.15, -0.1) is 0 Å². The molecular weight excluding hydrogens is 360 g/mol. The van der Waals surface area contributed by atoms with Crippen LogP contribution in [0.1, 0.15) is 23.0 Å². The van der Waals surface area contributed by atoms with Gasteiger partial charge in [-0.3, -0.25) is 4.79 Å². The van der Waals surface area contributed by atoms with Crippen molar-refractivity contribution in [3.8, 4) is 11.1 Å². The lowest BCUT2D eigenvalue weighted by atomic mass is 10.00. The summed E-state index contributed by atoms with van der Waals surface area (Å²) in [6.45, 7) is 2.48. The van der Waals surface area contributed by atoms with E-state index in [-0.39, 0.29) is 12.5 Å². The summed E-state index contributed by atoms with van der Waals surface area (Å²) in [5, 5.41) is 12.4. The first kappa shape index (κ1) is 17.7. The Morgan fingerprint density at radius 2 is 1.52 bits per heavy atom. The van der Waals surface area contributed by atoms with Crippen LogP contribution in [0.25, 0.3) is 22.0 Å². The second kappa shape index (κ2) is 6.61. The fourth-order valence-corrected chi connectivity index (χ4v) is 4.43. The second-order valence-electron chi connectivity index (χ2n) is 7.81. The van der Waals surface area contributed by atoms with Crippen LogP contribution < -0.4 is 0 Å². The first-order valence-corrected chi connectivity index (χ1v) is 9.81.